The lowest BCUT2D eigenvalue weighted by Gasteiger charge is -2.22. The SMILES string of the molecule is CCNC(CC(C)CC)c1ccc2c(c1)CC(C)(C)O2. The third-order valence-electron chi connectivity index (χ3n) is 4.27. The van der Waals surface area contributed by atoms with Gasteiger partial charge in [-0.25, -0.2) is 0 Å². The standard InChI is InChI=1S/C18H29NO/c1-6-13(3)10-16(19-7-2)14-8-9-17-15(11-14)12-18(4,5)20-17/h8-9,11,13,16,19H,6-7,10,12H2,1-5H3. The van der Waals surface area contributed by atoms with Gasteiger partial charge in [-0.15, -0.1) is 0 Å². The molecule has 0 saturated heterocycles. The van der Waals surface area contributed by atoms with Crippen molar-refractivity contribution in [3.63, 3.8) is 0 Å². The van der Waals surface area contributed by atoms with Gasteiger partial charge in [0.05, 0.1) is 0 Å². The van der Waals surface area contributed by atoms with Gasteiger partial charge in [0, 0.05) is 12.5 Å². The summed E-state index contributed by atoms with van der Waals surface area (Å²) < 4.78 is 5.97. The largest absolute Gasteiger partial charge is 0.487 e. The Morgan fingerprint density at radius 3 is 2.70 bits per heavy atom. The maximum Gasteiger partial charge on any atom is 0.123 e. The molecule has 1 heterocycles. The van der Waals surface area contributed by atoms with Crippen molar-refractivity contribution in [1.82, 2.24) is 5.32 Å². The van der Waals surface area contributed by atoms with Crippen LogP contribution in [0.15, 0.2) is 18.2 Å². The Kier molecular flexibility index (Phi) is 4.74. The molecule has 1 aromatic carbocycles. The molecule has 0 spiro atoms. The van der Waals surface area contributed by atoms with E-state index in [1.807, 2.05) is 0 Å². The van der Waals surface area contributed by atoms with E-state index in [2.05, 4.69) is 58.1 Å². The molecule has 2 nitrogen and oxygen atoms in total. The summed E-state index contributed by atoms with van der Waals surface area (Å²) in [5.74, 6) is 1.82. The third-order valence-corrected chi connectivity index (χ3v) is 4.27. The lowest BCUT2D eigenvalue weighted by molar-refractivity contribution is 0.138. The zero-order valence-corrected chi connectivity index (χ0v) is 13.6. The van der Waals surface area contributed by atoms with Crippen molar-refractivity contribution < 1.29 is 4.74 Å². The molecule has 0 saturated carbocycles. The molecule has 1 aromatic rings. The van der Waals surface area contributed by atoms with Crippen molar-refractivity contribution in [2.45, 2.75) is 65.5 Å². The van der Waals surface area contributed by atoms with Crippen LogP contribution in [0, 0.1) is 5.92 Å². The van der Waals surface area contributed by atoms with Gasteiger partial charge in [-0.2, -0.15) is 0 Å². The fraction of sp³-hybridized carbons (Fsp3) is 0.667. The lowest BCUT2D eigenvalue weighted by Crippen LogP contribution is -2.24. The van der Waals surface area contributed by atoms with Crippen LogP contribution in [0.4, 0.5) is 0 Å². The molecule has 0 radical (unpaired) electrons. The van der Waals surface area contributed by atoms with Crippen LogP contribution in [-0.4, -0.2) is 12.1 Å². The third kappa shape index (κ3) is 3.54. The zero-order chi connectivity index (χ0) is 14.8. The average molecular weight is 275 g/mol. The first-order chi connectivity index (χ1) is 9.45. The molecule has 0 bridgehead atoms. The fourth-order valence-electron chi connectivity index (χ4n) is 3.00. The van der Waals surface area contributed by atoms with E-state index in [1.54, 1.807) is 0 Å². The Bertz CT molecular complexity index is 453. The molecular formula is C18H29NO. The molecule has 2 atom stereocenters. The summed E-state index contributed by atoms with van der Waals surface area (Å²) in [6, 6.07) is 7.19. The topological polar surface area (TPSA) is 21.3 Å². The molecule has 2 rings (SSSR count). The van der Waals surface area contributed by atoms with Gasteiger partial charge in [0.1, 0.15) is 11.4 Å². The van der Waals surface area contributed by atoms with Crippen molar-refractivity contribution in [2.24, 2.45) is 5.92 Å². The van der Waals surface area contributed by atoms with Crippen molar-refractivity contribution in [2.75, 3.05) is 6.54 Å². The molecule has 0 fully saturated rings. The smallest absolute Gasteiger partial charge is 0.123 e. The molecule has 1 aliphatic heterocycles. The Morgan fingerprint density at radius 2 is 2.05 bits per heavy atom. The average Bonchev–Trinajstić information content (AvgIpc) is 2.70. The van der Waals surface area contributed by atoms with Gasteiger partial charge < -0.3 is 10.1 Å². The molecule has 1 aliphatic rings. The maximum absolute atomic E-state index is 5.97. The lowest BCUT2D eigenvalue weighted by atomic mass is 9.92. The predicted molar refractivity (Wildman–Crippen MR) is 85.3 cm³/mol. The minimum absolute atomic E-state index is 0.0502. The van der Waals surface area contributed by atoms with E-state index in [0.29, 0.717) is 6.04 Å². The molecular weight excluding hydrogens is 246 g/mol. The minimum atomic E-state index is -0.0502. The van der Waals surface area contributed by atoms with Crippen LogP contribution in [0.1, 0.15) is 64.6 Å². The molecule has 0 aliphatic carbocycles. The normalized spacial score (nSPS) is 19.2. The van der Waals surface area contributed by atoms with E-state index in [9.17, 15) is 0 Å². The summed E-state index contributed by atoms with van der Waals surface area (Å²) in [5, 5.41) is 3.64. The van der Waals surface area contributed by atoms with Crippen LogP contribution < -0.4 is 10.1 Å². The van der Waals surface area contributed by atoms with E-state index in [-0.39, 0.29) is 5.60 Å². The van der Waals surface area contributed by atoms with Crippen LogP contribution >= 0.6 is 0 Å². The van der Waals surface area contributed by atoms with Gasteiger partial charge in [0.25, 0.3) is 0 Å². The van der Waals surface area contributed by atoms with Crippen LogP contribution in [0.2, 0.25) is 0 Å². The van der Waals surface area contributed by atoms with Gasteiger partial charge in [-0.3, -0.25) is 0 Å². The van der Waals surface area contributed by atoms with Crippen LogP contribution in [0.3, 0.4) is 0 Å². The zero-order valence-electron chi connectivity index (χ0n) is 13.6. The Hall–Kier alpha value is -1.02. The highest BCUT2D eigenvalue weighted by Gasteiger charge is 2.30. The molecule has 1 N–H and O–H groups in total. The van der Waals surface area contributed by atoms with Gasteiger partial charge in [0.15, 0.2) is 0 Å². The Balaban J connectivity index is 2.19. The van der Waals surface area contributed by atoms with Crippen LogP contribution in [-0.2, 0) is 6.42 Å². The maximum atomic E-state index is 5.97. The molecule has 0 aromatic heterocycles. The number of fused-ring (bicyclic) bond motifs is 1. The van der Waals surface area contributed by atoms with Gasteiger partial charge in [0.2, 0.25) is 0 Å². The first-order valence-corrected chi connectivity index (χ1v) is 8.00. The van der Waals surface area contributed by atoms with Crippen molar-refractivity contribution in [3.05, 3.63) is 29.3 Å². The highest BCUT2D eigenvalue weighted by Crippen LogP contribution is 2.37. The van der Waals surface area contributed by atoms with Gasteiger partial charge >= 0.3 is 0 Å². The van der Waals surface area contributed by atoms with Crippen molar-refractivity contribution in [3.8, 4) is 5.75 Å². The number of ether oxygens (including phenoxy) is 1. The number of hydrogen-bond acceptors (Lipinski definition) is 2. The summed E-state index contributed by atoms with van der Waals surface area (Å²) in [6.45, 7) is 12.1. The Morgan fingerprint density at radius 1 is 1.30 bits per heavy atom. The minimum Gasteiger partial charge on any atom is -0.487 e. The predicted octanol–water partition coefficient (Wildman–Crippen LogP) is 4.49. The molecule has 0 amide bonds. The molecule has 2 unspecified atom stereocenters. The van der Waals surface area contributed by atoms with Crippen LogP contribution in [0.5, 0.6) is 5.75 Å². The summed E-state index contributed by atoms with van der Waals surface area (Å²) in [5.41, 5.74) is 2.72. The highest BCUT2D eigenvalue weighted by molar-refractivity contribution is 5.42. The monoisotopic (exact) mass is 275 g/mol. The van der Waals surface area contributed by atoms with Crippen molar-refractivity contribution >= 4 is 0 Å². The fourth-order valence-corrected chi connectivity index (χ4v) is 3.00. The summed E-state index contributed by atoms with van der Waals surface area (Å²) >= 11 is 0. The molecule has 112 valence electrons. The second-order valence-electron chi connectivity index (χ2n) is 6.77. The van der Waals surface area contributed by atoms with E-state index < -0.39 is 0 Å². The number of benzene rings is 1. The van der Waals surface area contributed by atoms with Gasteiger partial charge in [-0.1, -0.05) is 39.3 Å². The first-order valence-electron chi connectivity index (χ1n) is 8.00. The van der Waals surface area contributed by atoms with E-state index >= 15 is 0 Å². The second kappa shape index (κ2) is 6.17. The highest BCUT2D eigenvalue weighted by atomic mass is 16.5. The Labute approximate surface area is 123 Å². The van der Waals surface area contributed by atoms with Crippen molar-refractivity contribution in [1.29, 1.82) is 0 Å². The number of nitrogens with one attached hydrogen (secondary N) is 1. The molecule has 2 heteroatoms. The quantitative estimate of drug-likeness (QED) is 0.826. The van der Waals surface area contributed by atoms with Gasteiger partial charge in [-0.05, 0) is 49.9 Å². The van der Waals surface area contributed by atoms with E-state index in [0.717, 1.165) is 24.6 Å². The van der Waals surface area contributed by atoms with E-state index in [4.69, 9.17) is 4.74 Å². The second-order valence-corrected chi connectivity index (χ2v) is 6.77. The summed E-state index contributed by atoms with van der Waals surface area (Å²) in [7, 11) is 0. The number of rotatable bonds is 6. The summed E-state index contributed by atoms with van der Waals surface area (Å²) in [4.78, 5) is 0. The number of hydrogen-bond donors (Lipinski definition) is 1. The first kappa shape index (κ1) is 15.4. The molecule has 20 heavy (non-hydrogen) atoms. The summed E-state index contributed by atoms with van der Waals surface area (Å²) in [6.07, 6.45) is 3.45. The van der Waals surface area contributed by atoms with E-state index in [1.165, 1.54) is 24.0 Å². The van der Waals surface area contributed by atoms with Crippen LogP contribution in [0.25, 0.3) is 0 Å².